The number of fused-ring (bicyclic) bond motifs is 1. The van der Waals surface area contributed by atoms with Crippen LogP contribution in [0.4, 0.5) is 21.8 Å². The topological polar surface area (TPSA) is 75.9 Å². The maximum Gasteiger partial charge on any atom is 0.229 e. The molecule has 2 aromatic carbocycles. The highest BCUT2D eigenvalue weighted by molar-refractivity contribution is 6.31. The molecule has 0 radical (unpaired) electrons. The number of para-hydroxylation sites is 1. The fourth-order valence-corrected chi connectivity index (χ4v) is 3.65. The SMILES string of the molecule is CC[C@@H](Nc1nc(Nc2ccc(F)c(Cl)c2)nc2c(CN)cccc12)C1CC1. The average molecular weight is 400 g/mol. The Morgan fingerprint density at radius 3 is 2.75 bits per heavy atom. The summed E-state index contributed by atoms with van der Waals surface area (Å²) in [6.45, 7) is 2.57. The minimum atomic E-state index is -0.463. The molecule has 0 aliphatic heterocycles. The van der Waals surface area contributed by atoms with Gasteiger partial charge >= 0.3 is 0 Å². The molecule has 0 amide bonds. The maximum atomic E-state index is 13.5. The number of aromatic nitrogens is 2. The van der Waals surface area contributed by atoms with Crippen molar-refractivity contribution in [2.24, 2.45) is 11.7 Å². The molecule has 0 bridgehead atoms. The summed E-state index contributed by atoms with van der Waals surface area (Å²) in [6, 6.07) is 10.8. The second-order valence-corrected chi connectivity index (χ2v) is 7.57. The van der Waals surface area contributed by atoms with Gasteiger partial charge in [-0.3, -0.25) is 0 Å². The van der Waals surface area contributed by atoms with Crippen LogP contribution in [0.3, 0.4) is 0 Å². The zero-order valence-electron chi connectivity index (χ0n) is 15.7. The highest BCUT2D eigenvalue weighted by Crippen LogP contribution is 2.37. The van der Waals surface area contributed by atoms with Crippen molar-refractivity contribution in [2.45, 2.75) is 38.8 Å². The van der Waals surface area contributed by atoms with Gasteiger partial charge < -0.3 is 16.4 Å². The Balaban J connectivity index is 1.76. The number of rotatable bonds is 7. The van der Waals surface area contributed by atoms with Gasteiger partial charge in [0.2, 0.25) is 5.95 Å². The molecule has 4 N–H and O–H groups in total. The summed E-state index contributed by atoms with van der Waals surface area (Å²) in [6.07, 6.45) is 3.53. The molecule has 7 heteroatoms. The van der Waals surface area contributed by atoms with E-state index in [-0.39, 0.29) is 5.02 Å². The Morgan fingerprint density at radius 2 is 2.07 bits per heavy atom. The second kappa shape index (κ2) is 7.89. The number of hydrogen-bond acceptors (Lipinski definition) is 5. The van der Waals surface area contributed by atoms with Gasteiger partial charge in [0.15, 0.2) is 0 Å². The highest BCUT2D eigenvalue weighted by atomic mass is 35.5. The van der Waals surface area contributed by atoms with Crippen LogP contribution in [0.2, 0.25) is 5.02 Å². The van der Waals surface area contributed by atoms with Crippen molar-refractivity contribution in [3.05, 3.63) is 52.8 Å². The predicted molar refractivity (Wildman–Crippen MR) is 113 cm³/mol. The molecule has 1 aliphatic rings. The molecule has 3 aromatic rings. The van der Waals surface area contributed by atoms with Crippen molar-refractivity contribution in [3.63, 3.8) is 0 Å². The zero-order valence-corrected chi connectivity index (χ0v) is 16.4. The first-order valence-corrected chi connectivity index (χ1v) is 9.95. The van der Waals surface area contributed by atoms with E-state index < -0.39 is 5.82 Å². The molecule has 1 saturated carbocycles. The minimum Gasteiger partial charge on any atom is -0.366 e. The van der Waals surface area contributed by atoms with Crippen LogP contribution in [0.1, 0.15) is 31.7 Å². The molecule has 1 aromatic heterocycles. The summed E-state index contributed by atoms with van der Waals surface area (Å²) in [5, 5.41) is 7.75. The first-order valence-electron chi connectivity index (χ1n) is 9.57. The van der Waals surface area contributed by atoms with Crippen LogP contribution >= 0.6 is 11.6 Å². The fourth-order valence-electron chi connectivity index (χ4n) is 3.47. The molecule has 0 saturated heterocycles. The van der Waals surface area contributed by atoms with Gasteiger partial charge in [-0.2, -0.15) is 4.98 Å². The third kappa shape index (κ3) is 3.88. The molecule has 0 unspecified atom stereocenters. The van der Waals surface area contributed by atoms with Gasteiger partial charge in [0, 0.05) is 23.7 Å². The lowest BCUT2D eigenvalue weighted by Gasteiger charge is -2.19. The standard InChI is InChI=1S/C21H23ClFN5/c1-2-18(12-6-7-12)26-20-15-5-3-4-13(11-24)19(15)27-21(28-20)25-14-8-9-17(23)16(22)10-14/h3-5,8-10,12,18H,2,6-7,11,24H2,1H3,(H2,25,26,27,28)/t18-/m1/s1. The largest absolute Gasteiger partial charge is 0.366 e. The molecular formula is C21H23ClFN5. The lowest BCUT2D eigenvalue weighted by atomic mass is 10.1. The quantitative estimate of drug-likeness (QED) is 0.507. The zero-order chi connectivity index (χ0) is 19.7. The maximum absolute atomic E-state index is 13.5. The van der Waals surface area contributed by atoms with Gasteiger partial charge in [-0.15, -0.1) is 0 Å². The molecule has 4 rings (SSSR count). The normalized spacial score (nSPS) is 14.9. The van der Waals surface area contributed by atoms with Gasteiger partial charge in [-0.1, -0.05) is 30.7 Å². The highest BCUT2D eigenvalue weighted by Gasteiger charge is 2.30. The molecule has 0 spiro atoms. The van der Waals surface area contributed by atoms with Crippen LogP contribution in [0, 0.1) is 11.7 Å². The Labute approximate surface area is 168 Å². The summed E-state index contributed by atoms with van der Waals surface area (Å²) in [4.78, 5) is 9.38. The number of nitrogens with one attached hydrogen (secondary N) is 2. The van der Waals surface area contributed by atoms with Crippen molar-refractivity contribution in [2.75, 3.05) is 10.6 Å². The van der Waals surface area contributed by atoms with Crippen LogP contribution < -0.4 is 16.4 Å². The molecule has 28 heavy (non-hydrogen) atoms. The van der Waals surface area contributed by atoms with Crippen molar-refractivity contribution in [3.8, 4) is 0 Å². The molecule has 1 atom stereocenters. The van der Waals surface area contributed by atoms with E-state index in [9.17, 15) is 4.39 Å². The van der Waals surface area contributed by atoms with Gasteiger partial charge in [-0.25, -0.2) is 9.37 Å². The van der Waals surface area contributed by atoms with Crippen LogP contribution in [0.5, 0.6) is 0 Å². The van der Waals surface area contributed by atoms with Crippen molar-refractivity contribution in [1.82, 2.24) is 9.97 Å². The van der Waals surface area contributed by atoms with E-state index in [0.717, 1.165) is 28.7 Å². The smallest absolute Gasteiger partial charge is 0.229 e. The lowest BCUT2D eigenvalue weighted by Crippen LogP contribution is -2.22. The van der Waals surface area contributed by atoms with E-state index >= 15 is 0 Å². The van der Waals surface area contributed by atoms with E-state index in [1.807, 2.05) is 18.2 Å². The number of benzene rings is 2. The number of hydrogen-bond donors (Lipinski definition) is 3. The Hall–Kier alpha value is -2.44. The summed E-state index contributed by atoms with van der Waals surface area (Å²) < 4.78 is 13.5. The van der Waals surface area contributed by atoms with Gasteiger partial charge in [0.1, 0.15) is 11.6 Å². The van der Waals surface area contributed by atoms with E-state index in [0.29, 0.717) is 30.1 Å². The van der Waals surface area contributed by atoms with Gasteiger partial charge in [0.05, 0.1) is 10.5 Å². The molecule has 5 nitrogen and oxygen atoms in total. The Morgan fingerprint density at radius 1 is 1.25 bits per heavy atom. The monoisotopic (exact) mass is 399 g/mol. The molecule has 1 aliphatic carbocycles. The van der Waals surface area contributed by atoms with E-state index in [2.05, 4.69) is 22.5 Å². The summed E-state index contributed by atoms with van der Waals surface area (Å²) in [7, 11) is 0. The van der Waals surface area contributed by atoms with Crippen LogP contribution in [0.25, 0.3) is 10.9 Å². The third-order valence-corrected chi connectivity index (χ3v) is 5.45. The Kier molecular flexibility index (Phi) is 5.33. The molecule has 1 heterocycles. The second-order valence-electron chi connectivity index (χ2n) is 7.16. The first-order chi connectivity index (χ1) is 13.6. The van der Waals surface area contributed by atoms with Crippen molar-refractivity contribution in [1.29, 1.82) is 0 Å². The summed E-state index contributed by atoms with van der Waals surface area (Å²) in [5.74, 6) is 1.44. The van der Waals surface area contributed by atoms with Crippen molar-refractivity contribution < 1.29 is 4.39 Å². The van der Waals surface area contributed by atoms with E-state index in [1.54, 1.807) is 6.07 Å². The summed E-state index contributed by atoms with van der Waals surface area (Å²) in [5.41, 5.74) is 8.31. The average Bonchev–Trinajstić information content (AvgIpc) is 3.53. The van der Waals surface area contributed by atoms with E-state index in [4.69, 9.17) is 22.3 Å². The molecule has 1 fully saturated rings. The molecular weight excluding hydrogens is 377 g/mol. The number of halogens is 2. The Bertz CT molecular complexity index is 1010. The fraction of sp³-hybridized carbons (Fsp3) is 0.333. The summed E-state index contributed by atoms with van der Waals surface area (Å²) >= 11 is 5.90. The van der Waals surface area contributed by atoms with Crippen molar-refractivity contribution >= 4 is 40.0 Å². The number of nitrogens with zero attached hydrogens (tertiary/aromatic N) is 2. The lowest BCUT2D eigenvalue weighted by molar-refractivity contribution is 0.615. The molecule has 146 valence electrons. The number of nitrogens with two attached hydrogens (primary N) is 1. The predicted octanol–water partition coefficient (Wildman–Crippen LogP) is 5.23. The third-order valence-electron chi connectivity index (χ3n) is 5.16. The van der Waals surface area contributed by atoms with E-state index in [1.165, 1.54) is 25.0 Å². The van der Waals surface area contributed by atoms with Gasteiger partial charge in [0.25, 0.3) is 0 Å². The van der Waals surface area contributed by atoms with Crippen LogP contribution in [-0.4, -0.2) is 16.0 Å². The van der Waals surface area contributed by atoms with Crippen LogP contribution in [-0.2, 0) is 6.54 Å². The first kappa shape index (κ1) is 18.9. The van der Waals surface area contributed by atoms with Gasteiger partial charge in [-0.05, 0) is 55.0 Å². The number of anilines is 3. The minimum absolute atomic E-state index is 0.0477. The van der Waals surface area contributed by atoms with Crippen LogP contribution in [0.15, 0.2) is 36.4 Å².